The highest BCUT2D eigenvalue weighted by molar-refractivity contribution is 5.93. The van der Waals surface area contributed by atoms with E-state index >= 15 is 0 Å². The van der Waals surface area contributed by atoms with E-state index in [-0.39, 0.29) is 5.78 Å². The standard InChI is InChI=1S/C21H30O.C2H6/c1-4-11-19-14-16-20(17-15-19)12-9-7-5-6-8-10-13-21(22)18(2)3;1-2/h4,11,14-17H,2,5-10,12-13H2,1,3H3;1-2H3/b11-4+;. The van der Waals surface area contributed by atoms with Crippen molar-refractivity contribution in [1.29, 1.82) is 0 Å². The van der Waals surface area contributed by atoms with E-state index in [0.717, 1.165) is 12.8 Å². The summed E-state index contributed by atoms with van der Waals surface area (Å²) in [7, 11) is 0. The molecule has 1 rings (SSSR count). The van der Waals surface area contributed by atoms with Crippen LogP contribution in [0, 0.1) is 0 Å². The summed E-state index contributed by atoms with van der Waals surface area (Å²) in [5.41, 5.74) is 3.40. The van der Waals surface area contributed by atoms with Crippen LogP contribution in [0.3, 0.4) is 0 Å². The van der Waals surface area contributed by atoms with Gasteiger partial charge in [0.05, 0.1) is 0 Å². The fourth-order valence-corrected chi connectivity index (χ4v) is 2.52. The quantitative estimate of drug-likeness (QED) is 0.311. The van der Waals surface area contributed by atoms with Crippen LogP contribution in [0.2, 0.25) is 0 Å². The maximum atomic E-state index is 11.4. The summed E-state index contributed by atoms with van der Waals surface area (Å²) in [6.45, 7) is 11.5. The molecule has 0 amide bonds. The van der Waals surface area contributed by atoms with E-state index < -0.39 is 0 Å². The molecule has 0 fully saturated rings. The number of hydrogen-bond donors (Lipinski definition) is 0. The van der Waals surface area contributed by atoms with Crippen molar-refractivity contribution in [1.82, 2.24) is 0 Å². The fraction of sp³-hybridized carbons (Fsp3) is 0.522. The number of hydrogen-bond acceptors (Lipinski definition) is 1. The summed E-state index contributed by atoms with van der Waals surface area (Å²) in [5.74, 6) is 0.223. The van der Waals surface area contributed by atoms with E-state index in [1.165, 1.54) is 43.2 Å². The lowest BCUT2D eigenvalue weighted by Crippen LogP contribution is -1.97. The Hall–Kier alpha value is -1.63. The Morgan fingerprint density at radius 2 is 1.50 bits per heavy atom. The minimum atomic E-state index is 0.223. The highest BCUT2D eigenvalue weighted by Crippen LogP contribution is 2.13. The lowest BCUT2D eigenvalue weighted by molar-refractivity contribution is -0.115. The smallest absolute Gasteiger partial charge is 0.157 e. The molecule has 0 aliphatic carbocycles. The van der Waals surface area contributed by atoms with Gasteiger partial charge in [-0.1, -0.05) is 82.5 Å². The Kier molecular flexibility index (Phi) is 13.9. The van der Waals surface area contributed by atoms with Crippen LogP contribution in [-0.2, 0) is 11.2 Å². The monoisotopic (exact) mass is 328 g/mol. The van der Waals surface area contributed by atoms with Crippen molar-refractivity contribution in [2.24, 2.45) is 0 Å². The molecule has 24 heavy (non-hydrogen) atoms. The molecule has 0 N–H and O–H groups in total. The molecule has 0 aliphatic rings. The number of rotatable bonds is 11. The molecule has 0 aliphatic heterocycles. The van der Waals surface area contributed by atoms with E-state index in [1.54, 1.807) is 6.92 Å². The predicted molar refractivity (Wildman–Crippen MR) is 108 cm³/mol. The third-order valence-corrected chi connectivity index (χ3v) is 3.93. The first-order valence-electron chi connectivity index (χ1n) is 9.54. The highest BCUT2D eigenvalue weighted by atomic mass is 16.1. The summed E-state index contributed by atoms with van der Waals surface area (Å²) in [5, 5.41) is 0. The molecule has 0 bridgehead atoms. The van der Waals surface area contributed by atoms with E-state index in [4.69, 9.17) is 0 Å². The van der Waals surface area contributed by atoms with Gasteiger partial charge in [-0.2, -0.15) is 0 Å². The Morgan fingerprint density at radius 1 is 0.958 bits per heavy atom. The largest absolute Gasteiger partial charge is 0.295 e. The molecule has 0 unspecified atom stereocenters. The van der Waals surface area contributed by atoms with Crippen LogP contribution in [-0.4, -0.2) is 5.78 Å². The van der Waals surface area contributed by atoms with Crippen molar-refractivity contribution in [2.45, 2.75) is 79.1 Å². The zero-order valence-corrected chi connectivity index (χ0v) is 16.2. The highest BCUT2D eigenvalue weighted by Gasteiger charge is 2.01. The van der Waals surface area contributed by atoms with E-state index in [2.05, 4.69) is 43.0 Å². The average Bonchev–Trinajstić information content (AvgIpc) is 2.60. The second-order valence-corrected chi connectivity index (χ2v) is 6.07. The Bertz CT molecular complexity index is 479. The summed E-state index contributed by atoms with van der Waals surface area (Å²) >= 11 is 0. The van der Waals surface area contributed by atoms with Gasteiger partial charge in [0.25, 0.3) is 0 Å². The van der Waals surface area contributed by atoms with Crippen molar-refractivity contribution < 1.29 is 4.79 Å². The van der Waals surface area contributed by atoms with E-state index in [0.29, 0.717) is 12.0 Å². The zero-order valence-electron chi connectivity index (χ0n) is 16.2. The van der Waals surface area contributed by atoms with E-state index in [1.807, 2.05) is 20.8 Å². The molecule has 1 heteroatoms. The summed E-state index contributed by atoms with van der Waals surface area (Å²) in [4.78, 5) is 11.4. The van der Waals surface area contributed by atoms with Crippen molar-refractivity contribution >= 4 is 11.9 Å². The molecule has 0 heterocycles. The van der Waals surface area contributed by atoms with Gasteiger partial charge in [0, 0.05) is 6.42 Å². The number of carbonyl (C=O) groups is 1. The molecular weight excluding hydrogens is 292 g/mol. The van der Waals surface area contributed by atoms with Gasteiger partial charge in [0.2, 0.25) is 0 Å². The third kappa shape index (κ3) is 11.0. The summed E-state index contributed by atoms with van der Waals surface area (Å²) < 4.78 is 0. The normalized spacial score (nSPS) is 10.3. The van der Waals surface area contributed by atoms with Gasteiger partial charge in [-0.25, -0.2) is 0 Å². The van der Waals surface area contributed by atoms with Crippen LogP contribution in [0.15, 0.2) is 42.5 Å². The molecule has 1 nitrogen and oxygen atoms in total. The van der Waals surface area contributed by atoms with Crippen LogP contribution >= 0.6 is 0 Å². The van der Waals surface area contributed by atoms with Crippen molar-refractivity contribution in [2.75, 3.05) is 0 Å². The van der Waals surface area contributed by atoms with Crippen LogP contribution < -0.4 is 0 Å². The van der Waals surface area contributed by atoms with Gasteiger partial charge in [-0.3, -0.25) is 4.79 Å². The fourth-order valence-electron chi connectivity index (χ4n) is 2.52. The lowest BCUT2D eigenvalue weighted by Gasteiger charge is -2.03. The molecule has 0 saturated heterocycles. The number of benzene rings is 1. The van der Waals surface area contributed by atoms with Gasteiger partial charge in [0.1, 0.15) is 0 Å². The molecular formula is C23H36O. The molecule has 134 valence electrons. The number of carbonyl (C=O) groups excluding carboxylic acids is 1. The Morgan fingerprint density at radius 3 is 2.04 bits per heavy atom. The Balaban J connectivity index is 0.00000254. The zero-order chi connectivity index (χ0) is 18.2. The van der Waals surface area contributed by atoms with Crippen LogP contribution in [0.5, 0.6) is 0 Å². The van der Waals surface area contributed by atoms with Gasteiger partial charge in [-0.05, 0) is 49.8 Å². The Labute approximate surface area is 149 Å². The average molecular weight is 329 g/mol. The topological polar surface area (TPSA) is 17.1 Å². The number of aryl methyl sites for hydroxylation is 1. The van der Waals surface area contributed by atoms with Gasteiger partial charge in [-0.15, -0.1) is 0 Å². The van der Waals surface area contributed by atoms with Crippen LogP contribution in [0.4, 0.5) is 0 Å². The first-order valence-corrected chi connectivity index (χ1v) is 9.54. The first kappa shape index (κ1) is 22.4. The SMILES string of the molecule is C=C(C)C(=O)CCCCCCCCc1ccc(/C=C/C)cc1.CC. The first-order chi connectivity index (χ1) is 11.6. The van der Waals surface area contributed by atoms with Gasteiger partial charge >= 0.3 is 0 Å². The maximum absolute atomic E-state index is 11.4. The van der Waals surface area contributed by atoms with Crippen LogP contribution in [0.1, 0.15) is 83.8 Å². The van der Waals surface area contributed by atoms with Gasteiger partial charge in [0.15, 0.2) is 5.78 Å². The van der Waals surface area contributed by atoms with Gasteiger partial charge < -0.3 is 0 Å². The molecule has 1 aromatic carbocycles. The molecule has 0 spiro atoms. The van der Waals surface area contributed by atoms with E-state index in [9.17, 15) is 4.79 Å². The molecule has 0 aromatic heterocycles. The maximum Gasteiger partial charge on any atom is 0.157 e. The number of ketones is 1. The van der Waals surface area contributed by atoms with Crippen molar-refractivity contribution in [3.05, 3.63) is 53.6 Å². The predicted octanol–water partition coefficient (Wildman–Crippen LogP) is 7.16. The number of allylic oxidation sites excluding steroid dienone is 2. The van der Waals surface area contributed by atoms with Crippen molar-refractivity contribution in [3.63, 3.8) is 0 Å². The minimum Gasteiger partial charge on any atom is -0.295 e. The molecule has 0 saturated carbocycles. The van der Waals surface area contributed by atoms with Crippen LogP contribution in [0.25, 0.3) is 6.08 Å². The molecule has 0 atom stereocenters. The van der Waals surface area contributed by atoms with Crippen molar-refractivity contribution in [3.8, 4) is 0 Å². The third-order valence-electron chi connectivity index (χ3n) is 3.93. The molecule has 0 radical (unpaired) electrons. The lowest BCUT2D eigenvalue weighted by atomic mass is 10.0. The summed E-state index contributed by atoms with van der Waals surface area (Å²) in [6.07, 6.45) is 13.3. The number of Topliss-reactive ketones (excluding diaryl/α,β-unsaturated/α-hetero) is 1. The minimum absolute atomic E-state index is 0.223. The molecule has 1 aromatic rings. The summed E-state index contributed by atoms with van der Waals surface area (Å²) in [6, 6.07) is 8.85. The number of unbranched alkanes of at least 4 members (excludes halogenated alkanes) is 5. The second kappa shape index (κ2) is 14.9. The second-order valence-electron chi connectivity index (χ2n) is 6.07.